The van der Waals surface area contributed by atoms with Crippen LogP contribution in [-0.2, 0) is 4.79 Å². The summed E-state index contributed by atoms with van der Waals surface area (Å²) in [6.07, 6.45) is 1.89. The van der Waals surface area contributed by atoms with Crippen LogP contribution in [0.3, 0.4) is 0 Å². The van der Waals surface area contributed by atoms with E-state index < -0.39 is 11.5 Å². The SMILES string of the molecule is CNC(COc1cccc(C(C)C)c1)(C(=O)O)C1CC1. The minimum Gasteiger partial charge on any atom is -0.491 e. The molecule has 0 amide bonds. The number of carbonyl (C=O) groups is 1. The van der Waals surface area contributed by atoms with Gasteiger partial charge in [-0.2, -0.15) is 0 Å². The lowest BCUT2D eigenvalue weighted by Gasteiger charge is -2.29. The van der Waals surface area contributed by atoms with Crippen molar-refractivity contribution in [1.29, 1.82) is 0 Å². The van der Waals surface area contributed by atoms with Crippen LogP contribution in [0.25, 0.3) is 0 Å². The van der Waals surface area contributed by atoms with Crippen molar-refractivity contribution in [2.24, 2.45) is 5.92 Å². The van der Waals surface area contributed by atoms with Crippen molar-refractivity contribution >= 4 is 5.97 Å². The number of carboxylic acids is 1. The van der Waals surface area contributed by atoms with Gasteiger partial charge in [0.25, 0.3) is 0 Å². The van der Waals surface area contributed by atoms with Crippen molar-refractivity contribution < 1.29 is 14.6 Å². The van der Waals surface area contributed by atoms with Gasteiger partial charge in [0, 0.05) is 0 Å². The number of hydrogen-bond donors (Lipinski definition) is 2. The van der Waals surface area contributed by atoms with Crippen molar-refractivity contribution in [3.8, 4) is 5.75 Å². The third-order valence-electron chi connectivity index (χ3n) is 4.09. The van der Waals surface area contributed by atoms with Gasteiger partial charge in [0.05, 0.1) is 0 Å². The number of aliphatic carboxylic acids is 1. The van der Waals surface area contributed by atoms with Gasteiger partial charge < -0.3 is 15.2 Å². The Bertz CT molecular complexity index is 482. The molecule has 1 fully saturated rings. The zero-order chi connectivity index (χ0) is 14.8. The van der Waals surface area contributed by atoms with Crippen molar-refractivity contribution in [2.75, 3.05) is 13.7 Å². The van der Waals surface area contributed by atoms with Crippen LogP contribution in [0, 0.1) is 5.92 Å². The third kappa shape index (κ3) is 2.96. The van der Waals surface area contributed by atoms with Crippen molar-refractivity contribution in [2.45, 2.75) is 38.1 Å². The predicted octanol–water partition coefficient (Wildman–Crippen LogP) is 2.64. The molecule has 1 saturated carbocycles. The molecule has 4 heteroatoms. The van der Waals surface area contributed by atoms with Crippen LogP contribution in [0.15, 0.2) is 24.3 Å². The highest BCUT2D eigenvalue weighted by Crippen LogP contribution is 2.40. The second-order valence-corrected chi connectivity index (χ2v) is 5.82. The summed E-state index contributed by atoms with van der Waals surface area (Å²) in [6, 6.07) is 7.87. The maximum Gasteiger partial charge on any atom is 0.327 e. The second kappa shape index (κ2) is 5.83. The molecule has 1 atom stereocenters. The lowest BCUT2D eigenvalue weighted by Crippen LogP contribution is -2.56. The maximum absolute atomic E-state index is 11.6. The number of ether oxygens (including phenoxy) is 1. The lowest BCUT2D eigenvalue weighted by atomic mass is 9.94. The fraction of sp³-hybridized carbons (Fsp3) is 0.562. The first kappa shape index (κ1) is 14.9. The van der Waals surface area contributed by atoms with E-state index in [1.807, 2.05) is 18.2 Å². The Hall–Kier alpha value is -1.55. The minimum absolute atomic E-state index is 0.158. The molecular formula is C16H23NO3. The van der Waals surface area contributed by atoms with Gasteiger partial charge in [-0.3, -0.25) is 4.79 Å². The maximum atomic E-state index is 11.6. The Morgan fingerprint density at radius 1 is 1.50 bits per heavy atom. The highest BCUT2D eigenvalue weighted by molar-refractivity contribution is 5.80. The first-order valence-corrected chi connectivity index (χ1v) is 7.14. The lowest BCUT2D eigenvalue weighted by molar-refractivity contribution is -0.147. The highest BCUT2D eigenvalue weighted by atomic mass is 16.5. The van der Waals surface area contributed by atoms with Crippen LogP contribution < -0.4 is 10.1 Å². The molecule has 0 aromatic heterocycles. The molecule has 1 aliphatic rings. The van der Waals surface area contributed by atoms with Gasteiger partial charge in [0.2, 0.25) is 0 Å². The Morgan fingerprint density at radius 3 is 2.70 bits per heavy atom. The van der Waals surface area contributed by atoms with Crippen molar-refractivity contribution in [3.63, 3.8) is 0 Å². The molecule has 4 nitrogen and oxygen atoms in total. The zero-order valence-corrected chi connectivity index (χ0v) is 12.3. The summed E-state index contributed by atoms with van der Waals surface area (Å²) in [6.45, 7) is 4.40. The normalized spacial score (nSPS) is 17.8. The molecule has 0 saturated heterocycles. The fourth-order valence-corrected chi connectivity index (χ4v) is 2.47. The minimum atomic E-state index is -0.964. The van der Waals surface area contributed by atoms with Gasteiger partial charge in [0.1, 0.15) is 12.4 Å². The van der Waals surface area contributed by atoms with Crippen molar-refractivity contribution in [1.82, 2.24) is 5.32 Å². The molecule has 110 valence electrons. The van der Waals surface area contributed by atoms with Crippen LogP contribution in [0.1, 0.15) is 38.2 Å². The number of rotatable bonds is 7. The quantitative estimate of drug-likeness (QED) is 0.804. The van der Waals surface area contributed by atoms with E-state index in [4.69, 9.17) is 4.74 Å². The van der Waals surface area contributed by atoms with Crippen LogP contribution in [0.4, 0.5) is 0 Å². The topological polar surface area (TPSA) is 58.6 Å². The van der Waals surface area contributed by atoms with Crippen molar-refractivity contribution in [3.05, 3.63) is 29.8 Å². The van der Waals surface area contributed by atoms with Gasteiger partial charge in [0.15, 0.2) is 5.54 Å². The molecule has 1 aliphatic carbocycles. The van der Waals surface area contributed by atoms with E-state index in [9.17, 15) is 9.90 Å². The Morgan fingerprint density at radius 2 is 2.20 bits per heavy atom. The summed E-state index contributed by atoms with van der Waals surface area (Å²) in [4.78, 5) is 11.6. The second-order valence-electron chi connectivity index (χ2n) is 5.82. The van der Waals surface area contributed by atoms with Crippen LogP contribution in [0.5, 0.6) is 5.75 Å². The Labute approximate surface area is 120 Å². The number of likely N-dealkylation sites (N-methyl/N-ethyl adjacent to an activating group) is 1. The molecular weight excluding hydrogens is 254 g/mol. The van der Waals surface area contributed by atoms with Gasteiger partial charge >= 0.3 is 5.97 Å². The summed E-state index contributed by atoms with van der Waals surface area (Å²) in [7, 11) is 1.69. The fourth-order valence-electron chi connectivity index (χ4n) is 2.47. The number of carboxylic acid groups (broad SMARTS) is 1. The zero-order valence-electron chi connectivity index (χ0n) is 12.3. The molecule has 2 N–H and O–H groups in total. The summed E-state index contributed by atoms with van der Waals surface area (Å²) in [5, 5.41) is 12.5. The standard InChI is InChI=1S/C16H23NO3/c1-11(2)12-5-4-6-14(9-12)20-10-16(17-3,15(18)19)13-7-8-13/h4-6,9,11,13,17H,7-8,10H2,1-3H3,(H,18,19). The highest BCUT2D eigenvalue weighted by Gasteiger charge is 2.51. The summed E-state index contributed by atoms with van der Waals surface area (Å²) in [5.74, 6) is 0.494. The van der Waals surface area contributed by atoms with E-state index in [1.165, 1.54) is 5.56 Å². The van der Waals surface area contributed by atoms with Gasteiger partial charge in [-0.1, -0.05) is 26.0 Å². The largest absolute Gasteiger partial charge is 0.491 e. The predicted molar refractivity (Wildman–Crippen MR) is 78.2 cm³/mol. The van der Waals surface area contributed by atoms with E-state index in [2.05, 4.69) is 25.2 Å². The average molecular weight is 277 g/mol. The van der Waals surface area contributed by atoms with Crippen LogP contribution in [-0.4, -0.2) is 30.3 Å². The number of nitrogens with one attached hydrogen (secondary N) is 1. The van der Waals surface area contributed by atoms with E-state index in [0.717, 1.165) is 18.6 Å². The molecule has 2 rings (SSSR count). The third-order valence-corrected chi connectivity index (χ3v) is 4.09. The molecule has 0 radical (unpaired) electrons. The molecule has 1 aromatic carbocycles. The van der Waals surface area contributed by atoms with E-state index in [0.29, 0.717) is 5.92 Å². The molecule has 0 heterocycles. The van der Waals surface area contributed by atoms with E-state index in [-0.39, 0.29) is 12.5 Å². The molecule has 20 heavy (non-hydrogen) atoms. The van der Waals surface area contributed by atoms with Crippen LogP contribution >= 0.6 is 0 Å². The molecule has 1 unspecified atom stereocenters. The van der Waals surface area contributed by atoms with Gasteiger partial charge in [-0.15, -0.1) is 0 Å². The molecule has 0 spiro atoms. The monoisotopic (exact) mass is 277 g/mol. The van der Waals surface area contributed by atoms with E-state index in [1.54, 1.807) is 7.05 Å². The summed E-state index contributed by atoms with van der Waals surface area (Å²) in [5.41, 5.74) is 0.229. The smallest absolute Gasteiger partial charge is 0.327 e. The Kier molecular flexibility index (Phi) is 4.33. The van der Waals surface area contributed by atoms with E-state index >= 15 is 0 Å². The Balaban J connectivity index is 2.10. The summed E-state index contributed by atoms with van der Waals surface area (Å²) >= 11 is 0. The summed E-state index contributed by atoms with van der Waals surface area (Å²) < 4.78 is 5.77. The number of hydrogen-bond acceptors (Lipinski definition) is 3. The molecule has 1 aromatic rings. The first-order valence-electron chi connectivity index (χ1n) is 7.14. The average Bonchev–Trinajstić information content (AvgIpc) is 3.25. The molecule has 0 bridgehead atoms. The number of benzene rings is 1. The van der Waals surface area contributed by atoms with Gasteiger partial charge in [-0.25, -0.2) is 0 Å². The first-order chi connectivity index (χ1) is 9.49. The van der Waals surface area contributed by atoms with Crippen LogP contribution in [0.2, 0.25) is 0 Å². The molecule has 0 aliphatic heterocycles. The van der Waals surface area contributed by atoms with Gasteiger partial charge in [-0.05, 0) is 49.4 Å².